The Labute approximate surface area is 149 Å². The molecule has 2 aliphatic rings. The van der Waals surface area contributed by atoms with Crippen LogP contribution in [0.15, 0.2) is 17.0 Å². The van der Waals surface area contributed by atoms with Crippen LogP contribution in [0.2, 0.25) is 5.02 Å². The van der Waals surface area contributed by atoms with Crippen LogP contribution in [0.5, 0.6) is 5.75 Å². The zero-order valence-electron chi connectivity index (χ0n) is 14.2. The van der Waals surface area contributed by atoms with Crippen LogP contribution in [-0.4, -0.2) is 45.0 Å². The smallest absolute Gasteiger partial charge is 0.243 e. The van der Waals surface area contributed by atoms with Gasteiger partial charge in [-0.3, -0.25) is 0 Å². The number of nitrogens with one attached hydrogen (secondary N) is 1. The lowest BCUT2D eigenvalue weighted by Crippen LogP contribution is -2.40. The van der Waals surface area contributed by atoms with Crippen molar-refractivity contribution in [2.75, 3.05) is 26.2 Å². The van der Waals surface area contributed by atoms with E-state index in [2.05, 4.69) is 12.2 Å². The van der Waals surface area contributed by atoms with Crippen LogP contribution in [0.25, 0.3) is 0 Å². The number of hydrogen-bond acceptors (Lipinski definition) is 4. The van der Waals surface area contributed by atoms with Gasteiger partial charge in [0.25, 0.3) is 0 Å². The minimum atomic E-state index is -3.49. The third kappa shape index (κ3) is 3.57. The summed E-state index contributed by atoms with van der Waals surface area (Å²) in [6, 6.07) is 3.25. The first kappa shape index (κ1) is 18.0. The monoisotopic (exact) mass is 372 g/mol. The first-order chi connectivity index (χ1) is 11.4. The van der Waals surface area contributed by atoms with Crippen LogP contribution in [0.3, 0.4) is 0 Å². The third-order valence-electron chi connectivity index (χ3n) is 4.81. The number of ether oxygens (including phenoxy) is 1. The summed E-state index contributed by atoms with van der Waals surface area (Å²) in [6.45, 7) is 7.10. The molecule has 0 bridgehead atoms. The van der Waals surface area contributed by atoms with Crippen molar-refractivity contribution in [3.8, 4) is 5.75 Å². The molecule has 1 N–H and O–H groups in total. The predicted octanol–water partition coefficient (Wildman–Crippen LogP) is 2.67. The molecule has 5 nitrogen and oxygen atoms in total. The van der Waals surface area contributed by atoms with E-state index in [9.17, 15) is 8.42 Å². The fourth-order valence-corrected chi connectivity index (χ4v) is 5.35. The maximum Gasteiger partial charge on any atom is 0.243 e. The van der Waals surface area contributed by atoms with Gasteiger partial charge in [-0.15, -0.1) is 0 Å². The highest BCUT2D eigenvalue weighted by Crippen LogP contribution is 2.38. The van der Waals surface area contributed by atoms with Crippen molar-refractivity contribution in [1.82, 2.24) is 9.62 Å². The summed E-state index contributed by atoms with van der Waals surface area (Å²) < 4.78 is 33.1. The molecule has 2 aliphatic heterocycles. The fraction of sp³-hybridized carbons (Fsp3) is 0.647. The van der Waals surface area contributed by atoms with Crippen molar-refractivity contribution in [1.29, 1.82) is 0 Å². The van der Waals surface area contributed by atoms with E-state index in [0.717, 1.165) is 31.5 Å². The van der Waals surface area contributed by atoms with Gasteiger partial charge in [0, 0.05) is 25.1 Å². The number of hydrogen-bond donors (Lipinski definition) is 1. The van der Waals surface area contributed by atoms with Gasteiger partial charge in [-0.25, -0.2) is 8.42 Å². The van der Waals surface area contributed by atoms with E-state index in [1.54, 1.807) is 10.4 Å². The van der Waals surface area contributed by atoms with Crippen LogP contribution in [0.1, 0.15) is 32.3 Å². The molecular weight excluding hydrogens is 348 g/mol. The van der Waals surface area contributed by atoms with Crippen LogP contribution >= 0.6 is 11.6 Å². The van der Waals surface area contributed by atoms with Gasteiger partial charge in [0.05, 0.1) is 9.92 Å². The standard InChI is InChI=1S/C17H25ClN2O3S/c1-3-19-11-13-4-6-20(7-5-13)24(21,22)15-9-14-8-12(2)23-17(14)16(18)10-15/h9-10,12-13,19H,3-8,11H2,1-2H3. The molecule has 0 aromatic heterocycles. The molecule has 0 radical (unpaired) electrons. The highest BCUT2D eigenvalue weighted by Gasteiger charge is 2.32. The molecule has 24 heavy (non-hydrogen) atoms. The summed E-state index contributed by atoms with van der Waals surface area (Å²) in [5.41, 5.74) is 0.885. The Morgan fingerprint density at radius 2 is 2.04 bits per heavy atom. The lowest BCUT2D eigenvalue weighted by atomic mass is 9.98. The molecule has 3 rings (SSSR count). The summed E-state index contributed by atoms with van der Waals surface area (Å²) in [6.07, 6.45) is 2.52. The maximum atomic E-state index is 13.0. The first-order valence-electron chi connectivity index (χ1n) is 8.61. The van der Waals surface area contributed by atoms with Crippen LogP contribution in [-0.2, 0) is 16.4 Å². The Morgan fingerprint density at radius 1 is 1.33 bits per heavy atom. The minimum absolute atomic E-state index is 0.0391. The number of rotatable bonds is 5. The van der Waals surface area contributed by atoms with Crippen LogP contribution in [0, 0.1) is 5.92 Å². The first-order valence-corrected chi connectivity index (χ1v) is 10.4. The zero-order chi connectivity index (χ0) is 17.3. The topological polar surface area (TPSA) is 58.6 Å². The summed E-state index contributed by atoms with van der Waals surface area (Å²) in [5, 5.41) is 3.73. The normalized spacial score (nSPS) is 22.4. The quantitative estimate of drug-likeness (QED) is 0.863. The molecular formula is C17H25ClN2O3S. The van der Waals surface area contributed by atoms with Gasteiger partial charge < -0.3 is 10.1 Å². The summed E-state index contributed by atoms with van der Waals surface area (Å²) in [7, 11) is -3.49. The van der Waals surface area contributed by atoms with E-state index in [0.29, 0.717) is 36.2 Å². The Hall–Kier alpha value is -0.820. The third-order valence-corrected chi connectivity index (χ3v) is 6.97. The van der Waals surface area contributed by atoms with E-state index in [1.807, 2.05) is 6.92 Å². The Kier molecular flexibility index (Phi) is 5.39. The number of sulfonamides is 1. The lowest BCUT2D eigenvalue weighted by Gasteiger charge is -2.31. The van der Waals surface area contributed by atoms with Gasteiger partial charge in [0.1, 0.15) is 11.9 Å². The Morgan fingerprint density at radius 3 is 2.71 bits per heavy atom. The van der Waals surface area contributed by atoms with E-state index in [1.165, 1.54) is 6.07 Å². The number of piperidine rings is 1. The van der Waals surface area contributed by atoms with Crippen LogP contribution in [0.4, 0.5) is 0 Å². The number of fused-ring (bicyclic) bond motifs is 1. The second-order valence-corrected chi connectivity index (χ2v) is 9.03. The van der Waals surface area contributed by atoms with Crippen molar-refractivity contribution in [3.63, 3.8) is 0 Å². The second kappa shape index (κ2) is 7.20. The molecule has 0 amide bonds. The Bertz CT molecular complexity index is 700. The molecule has 134 valence electrons. The largest absolute Gasteiger partial charge is 0.489 e. The van der Waals surface area contributed by atoms with Gasteiger partial charge >= 0.3 is 0 Å². The van der Waals surface area contributed by atoms with E-state index in [-0.39, 0.29) is 11.0 Å². The highest BCUT2D eigenvalue weighted by molar-refractivity contribution is 7.89. The number of halogens is 1. The molecule has 1 aromatic rings. The van der Waals surface area contributed by atoms with Crippen molar-refractivity contribution in [2.24, 2.45) is 5.92 Å². The molecule has 1 unspecified atom stereocenters. The van der Waals surface area contributed by atoms with Gasteiger partial charge in [-0.1, -0.05) is 18.5 Å². The SMILES string of the molecule is CCNCC1CCN(S(=O)(=O)c2cc(Cl)c3c(c2)CC(C)O3)CC1. The molecule has 1 aromatic carbocycles. The molecule has 0 aliphatic carbocycles. The van der Waals surface area contributed by atoms with E-state index in [4.69, 9.17) is 16.3 Å². The molecule has 1 fully saturated rings. The van der Waals surface area contributed by atoms with E-state index >= 15 is 0 Å². The lowest BCUT2D eigenvalue weighted by molar-refractivity contribution is 0.255. The van der Waals surface area contributed by atoms with Gasteiger partial charge in [0.2, 0.25) is 10.0 Å². The van der Waals surface area contributed by atoms with Gasteiger partial charge in [-0.05, 0) is 50.9 Å². The summed E-state index contributed by atoms with van der Waals surface area (Å²) >= 11 is 6.25. The van der Waals surface area contributed by atoms with Gasteiger partial charge in [0.15, 0.2) is 0 Å². The number of benzene rings is 1. The fourth-order valence-electron chi connectivity index (χ4n) is 3.46. The minimum Gasteiger partial charge on any atom is -0.489 e. The average Bonchev–Trinajstić information content (AvgIpc) is 2.94. The average molecular weight is 373 g/mol. The summed E-state index contributed by atoms with van der Waals surface area (Å²) in [5.74, 6) is 1.18. The van der Waals surface area contributed by atoms with Crippen molar-refractivity contribution in [2.45, 2.75) is 44.1 Å². The predicted molar refractivity (Wildman–Crippen MR) is 95.3 cm³/mol. The maximum absolute atomic E-state index is 13.0. The molecule has 1 saturated heterocycles. The molecule has 0 spiro atoms. The Balaban J connectivity index is 1.75. The van der Waals surface area contributed by atoms with Crippen molar-refractivity contribution < 1.29 is 13.2 Å². The van der Waals surface area contributed by atoms with Gasteiger partial charge in [-0.2, -0.15) is 4.31 Å². The van der Waals surface area contributed by atoms with Crippen LogP contribution < -0.4 is 10.1 Å². The number of nitrogens with zero attached hydrogens (tertiary/aromatic N) is 1. The molecule has 0 saturated carbocycles. The molecule has 2 heterocycles. The zero-order valence-corrected chi connectivity index (χ0v) is 15.8. The molecule has 7 heteroatoms. The van der Waals surface area contributed by atoms with Crippen molar-refractivity contribution >= 4 is 21.6 Å². The summed E-state index contributed by atoms with van der Waals surface area (Å²) in [4.78, 5) is 0.286. The van der Waals surface area contributed by atoms with Crippen molar-refractivity contribution in [3.05, 3.63) is 22.7 Å². The molecule has 1 atom stereocenters. The van der Waals surface area contributed by atoms with E-state index < -0.39 is 10.0 Å². The highest BCUT2D eigenvalue weighted by atomic mass is 35.5. The second-order valence-electron chi connectivity index (χ2n) is 6.68.